The topological polar surface area (TPSA) is 85.6 Å². The van der Waals surface area contributed by atoms with Crippen molar-refractivity contribution >= 4 is 51.7 Å². The summed E-state index contributed by atoms with van der Waals surface area (Å²) in [5, 5.41) is 4.72. The second-order valence-corrected chi connectivity index (χ2v) is 6.01. The number of aromatic nitrogens is 3. The fraction of sp³-hybridized carbons (Fsp3) is 0.125. The van der Waals surface area contributed by atoms with E-state index in [1.165, 1.54) is 11.5 Å². The van der Waals surface area contributed by atoms with Gasteiger partial charge >= 0.3 is 5.97 Å². The maximum atomic E-state index is 12.0. The van der Waals surface area contributed by atoms with Crippen molar-refractivity contribution in [2.24, 2.45) is 0 Å². The van der Waals surface area contributed by atoms with E-state index in [0.29, 0.717) is 21.6 Å². The molecule has 0 aliphatic carbocycles. The second-order valence-electron chi connectivity index (χ2n) is 4.80. The molecule has 128 valence electrons. The number of esters is 1. The molecule has 3 aromatic rings. The van der Waals surface area contributed by atoms with E-state index in [9.17, 15) is 9.59 Å². The minimum absolute atomic E-state index is 0.163. The first-order valence-corrected chi connectivity index (χ1v) is 8.58. The number of hydrogen-bond acceptors (Lipinski definition) is 6. The number of ether oxygens (including phenoxy) is 1. The highest BCUT2D eigenvalue weighted by Crippen LogP contribution is 2.19. The number of pyridine rings is 1. The molecule has 0 radical (unpaired) electrons. The van der Waals surface area contributed by atoms with Crippen molar-refractivity contribution in [3.05, 3.63) is 52.4 Å². The number of nitrogens with one attached hydrogen (secondary N) is 1. The fourth-order valence-electron chi connectivity index (χ4n) is 2.07. The Balaban J connectivity index is 1.71. The minimum Gasteiger partial charge on any atom is -0.461 e. The summed E-state index contributed by atoms with van der Waals surface area (Å²) in [6, 6.07) is 5.51. The van der Waals surface area contributed by atoms with Crippen LogP contribution in [0.5, 0.6) is 0 Å². The monoisotopic (exact) mass is 376 g/mol. The molecule has 9 heteroatoms. The molecular weight excluding hydrogens is 364 g/mol. The zero-order valence-corrected chi connectivity index (χ0v) is 14.7. The molecular formula is C16H13ClN4O3S. The van der Waals surface area contributed by atoms with Gasteiger partial charge in [-0.15, -0.1) is 11.3 Å². The number of fused-ring (bicyclic) bond motifs is 1. The van der Waals surface area contributed by atoms with Crippen molar-refractivity contribution in [1.29, 1.82) is 0 Å². The third-order valence-corrected chi connectivity index (χ3v) is 4.17. The summed E-state index contributed by atoms with van der Waals surface area (Å²) in [7, 11) is 0. The number of amides is 1. The largest absolute Gasteiger partial charge is 0.461 e. The van der Waals surface area contributed by atoms with Crippen molar-refractivity contribution in [3.8, 4) is 0 Å². The van der Waals surface area contributed by atoms with Crippen molar-refractivity contribution in [2.75, 3.05) is 11.9 Å². The molecule has 0 spiro atoms. The van der Waals surface area contributed by atoms with Crippen LogP contribution in [0.1, 0.15) is 23.1 Å². The van der Waals surface area contributed by atoms with Crippen LogP contribution in [0.4, 0.5) is 5.13 Å². The maximum Gasteiger partial charge on any atom is 0.357 e. The predicted molar refractivity (Wildman–Crippen MR) is 95.9 cm³/mol. The Morgan fingerprint density at radius 3 is 3.04 bits per heavy atom. The van der Waals surface area contributed by atoms with Crippen molar-refractivity contribution in [3.63, 3.8) is 0 Å². The summed E-state index contributed by atoms with van der Waals surface area (Å²) in [5.74, 6) is -0.918. The number of carbonyl (C=O) groups is 2. The Kier molecular flexibility index (Phi) is 5.11. The van der Waals surface area contributed by atoms with Gasteiger partial charge in [0.25, 0.3) is 0 Å². The highest BCUT2D eigenvalue weighted by Gasteiger charge is 2.12. The first-order valence-electron chi connectivity index (χ1n) is 7.32. The Morgan fingerprint density at radius 1 is 1.40 bits per heavy atom. The summed E-state index contributed by atoms with van der Waals surface area (Å²) in [5.41, 5.74) is 1.45. The van der Waals surface area contributed by atoms with E-state index >= 15 is 0 Å². The minimum atomic E-state index is -0.521. The Labute approximate surface area is 151 Å². The molecule has 3 rings (SSSR count). The molecule has 0 saturated carbocycles. The van der Waals surface area contributed by atoms with Crippen LogP contribution in [0.3, 0.4) is 0 Å². The summed E-state index contributed by atoms with van der Waals surface area (Å²) in [4.78, 5) is 31.8. The van der Waals surface area contributed by atoms with Crippen LogP contribution in [-0.2, 0) is 9.53 Å². The third kappa shape index (κ3) is 3.86. The lowest BCUT2D eigenvalue weighted by molar-refractivity contribution is -0.111. The average Bonchev–Trinajstić information content (AvgIpc) is 3.17. The van der Waals surface area contributed by atoms with Crippen LogP contribution in [0.25, 0.3) is 11.7 Å². The van der Waals surface area contributed by atoms with E-state index in [1.807, 2.05) is 18.2 Å². The molecule has 0 aliphatic rings. The van der Waals surface area contributed by atoms with Gasteiger partial charge in [-0.1, -0.05) is 17.7 Å². The predicted octanol–water partition coefficient (Wildman–Crippen LogP) is 3.27. The molecule has 1 amide bonds. The fourth-order valence-corrected chi connectivity index (χ4v) is 2.99. The van der Waals surface area contributed by atoms with Gasteiger partial charge in [0.1, 0.15) is 5.65 Å². The summed E-state index contributed by atoms with van der Waals surface area (Å²) in [6.07, 6.45) is 4.70. The van der Waals surface area contributed by atoms with Crippen LogP contribution < -0.4 is 5.32 Å². The van der Waals surface area contributed by atoms with Crippen LogP contribution in [0, 0.1) is 0 Å². The number of rotatable bonds is 5. The van der Waals surface area contributed by atoms with Crippen LogP contribution in [0.15, 0.2) is 35.9 Å². The number of halogens is 1. The van der Waals surface area contributed by atoms with Gasteiger partial charge in [-0.25, -0.2) is 14.8 Å². The first-order chi connectivity index (χ1) is 12.1. The van der Waals surface area contributed by atoms with Gasteiger partial charge in [0.05, 0.1) is 12.3 Å². The maximum absolute atomic E-state index is 12.0. The molecule has 0 bridgehead atoms. The van der Waals surface area contributed by atoms with Gasteiger partial charge in [0, 0.05) is 17.7 Å². The molecule has 1 N–H and O–H groups in total. The molecule has 0 atom stereocenters. The summed E-state index contributed by atoms with van der Waals surface area (Å²) >= 11 is 7.24. The lowest BCUT2D eigenvalue weighted by Gasteiger charge is -1.98. The molecule has 0 aliphatic heterocycles. The van der Waals surface area contributed by atoms with Gasteiger partial charge in [0.15, 0.2) is 16.0 Å². The molecule has 0 fully saturated rings. The SMILES string of the molecule is CCOC(=O)c1csc(NC(=O)/C=C/c2c(Cl)nc3ccccn23)n1. The van der Waals surface area contributed by atoms with Gasteiger partial charge in [0.2, 0.25) is 5.91 Å². The molecule has 0 saturated heterocycles. The van der Waals surface area contributed by atoms with Crippen LogP contribution in [0.2, 0.25) is 5.15 Å². The smallest absolute Gasteiger partial charge is 0.357 e. The lowest BCUT2D eigenvalue weighted by Crippen LogP contribution is -2.09. The molecule has 0 aromatic carbocycles. The van der Waals surface area contributed by atoms with Crippen molar-refractivity contribution < 1.29 is 14.3 Å². The van der Waals surface area contributed by atoms with Gasteiger partial charge < -0.3 is 4.74 Å². The van der Waals surface area contributed by atoms with Gasteiger partial charge in [-0.2, -0.15) is 0 Å². The van der Waals surface area contributed by atoms with E-state index < -0.39 is 11.9 Å². The Hall–Kier alpha value is -2.71. The van der Waals surface area contributed by atoms with Crippen LogP contribution in [-0.4, -0.2) is 32.9 Å². The highest BCUT2D eigenvalue weighted by atomic mass is 35.5. The second kappa shape index (κ2) is 7.45. The number of anilines is 1. The van der Waals surface area contributed by atoms with Gasteiger partial charge in [-0.3, -0.25) is 14.5 Å². The standard InChI is InChI=1S/C16H13ClN4O3S/c1-2-24-15(23)10-9-25-16(18-10)20-13(22)7-6-11-14(17)19-12-5-3-4-8-21(11)12/h3-9H,2H2,1H3,(H,18,20,22)/b7-6+. The zero-order chi connectivity index (χ0) is 17.8. The van der Waals surface area contributed by atoms with E-state index in [0.717, 1.165) is 11.3 Å². The molecule has 25 heavy (non-hydrogen) atoms. The van der Waals surface area contributed by atoms with E-state index in [-0.39, 0.29) is 12.3 Å². The van der Waals surface area contributed by atoms with Crippen LogP contribution >= 0.6 is 22.9 Å². The third-order valence-electron chi connectivity index (χ3n) is 3.13. The van der Waals surface area contributed by atoms with Gasteiger partial charge in [-0.05, 0) is 25.1 Å². The molecule has 3 heterocycles. The van der Waals surface area contributed by atoms with Crippen molar-refractivity contribution in [2.45, 2.75) is 6.92 Å². The molecule has 3 aromatic heterocycles. The molecule has 7 nitrogen and oxygen atoms in total. The number of imidazole rings is 1. The summed E-state index contributed by atoms with van der Waals surface area (Å²) in [6.45, 7) is 1.98. The number of hydrogen-bond donors (Lipinski definition) is 1. The average molecular weight is 377 g/mol. The first kappa shape index (κ1) is 17.1. The van der Waals surface area contributed by atoms with E-state index in [2.05, 4.69) is 15.3 Å². The Bertz CT molecular complexity index is 963. The number of thiazole rings is 1. The van der Waals surface area contributed by atoms with Crippen molar-refractivity contribution in [1.82, 2.24) is 14.4 Å². The zero-order valence-electron chi connectivity index (χ0n) is 13.1. The number of nitrogens with zero attached hydrogens (tertiary/aromatic N) is 3. The highest BCUT2D eigenvalue weighted by molar-refractivity contribution is 7.14. The quantitative estimate of drug-likeness (QED) is 0.545. The summed E-state index contributed by atoms with van der Waals surface area (Å²) < 4.78 is 6.62. The Morgan fingerprint density at radius 2 is 2.24 bits per heavy atom. The number of carbonyl (C=O) groups excluding carboxylic acids is 2. The lowest BCUT2D eigenvalue weighted by atomic mass is 10.4. The van der Waals surface area contributed by atoms with E-state index in [1.54, 1.807) is 23.6 Å². The van der Waals surface area contributed by atoms with E-state index in [4.69, 9.17) is 16.3 Å². The molecule has 0 unspecified atom stereocenters. The normalized spacial score (nSPS) is 11.1.